The van der Waals surface area contributed by atoms with Crippen molar-refractivity contribution in [3.8, 4) is 0 Å². The van der Waals surface area contributed by atoms with Crippen molar-refractivity contribution in [2.45, 2.75) is 46.3 Å². The third kappa shape index (κ3) is 3.36. The first-order valence-corrected chi connectivity index (χ1v) is 9.26. The van der Waals surface area contributed by atoms with Crippen molar-refractivity contribution in [1.29, 1.82) is 0 Å². The van der Waals surface area contributed by atoms with Crippen LogP contribution in [0.4, 0.5) is 0 Å². The molecule has 0 aliphatic heterocycles. The highest BCUT2D eigenvalue weighted by atomic mass is 35.5. The Bertz CT molecular complexity index is 939. The Morgan fingerprint density at radius 2 is 1.92 bits per heavy atom. The third-order valence-electron chi connectivity index (χ3n) is 4.58. The second-order valence-electron chi connectivity index (χ2n) is 7.21. The fourth-order valence-corrected chi connectivity index (χ4v) is 3.67. The summed E-state index contributed by atoms with van der Waals surface area (Å²) in [6.07, 6.45) is 2.05. The largest absolute Gasteiger partial charge is 0.347 e. The molecule has 0 unspecified atom stereocenters. The first-order valence-electron chi connectivity index (χ1n) is 8.88. The highest BCUT2D eigenvalue weighted by molar-refractivity contribution is 6.29. The second kappa shape index (κ2) is 7.16. The molecule has 6 heteroatoms. The zero-order valence-corrected chi connectivity index (χ0v) is 16.7. The molecule has 1 amide bonds. The lowest BCUT2D eigenvalue weighted by Crippen LogP contribution is -2.27. The molecule has 0 N–H and O–H groups in total. The normalized spacial score (nSPS) is 11.7. The van der Waals surface area contributed by atoms with Gasteiger partial charge < -0.3 is 14.0 Å². The maximum absolute atomic E-state index is 12.9. The van der Waals surface area contributed by atoms with Crippen molar-refractivity contribution in [1.82, 2.24) is 19.0 Å². The van der Waals surface area contributed by atoms with Crippen molar-refractivity contribution in [2.24, 2.45) is 0 Å². The minimum absolute atomic E-state index is 0.0291. The monoisotopic (exact) mass is 372 g/mol. The molecule has 0 saturated heterocycles. The Morgan fingerprint density at radius 1 is 1.19 bits per heavy atom. The fourth-order valence-electron chi connectivity index (χ4n) is 3.30. The standard InChI is InChI=1S/C20H25ClN4O/c1-13(2)24-10-6-7-16(24)12-23(5)19(26)15-8-9-18-17(11-15)22-20(21)25(18)14(3)4/h6-11,13-14H,12H2,1-5H3. The Labute approximate surface area is 159 Å². The van der Waals surface area contributed by atoms with Gasteiger partial charge in [-0.05, 0) is 69.6 Å². The van der Waals surface area contributed by atoms with Gasteiger partial charge in [-0.3, -0.25) is 4.79 Å². The number of halogens is 1. The van der Waals surface area contributed by atoms with E-state index in [1.54, 1.807) is 4.90 Å². The first-order chi connectivity index (χ1) is 12.3. The number of imidazole rings is 1. The van der Waals surface area contributed by atoms with E-state index in [-0.39, 0.29) is 11.9 Å². The number of fused-ring (bicyclic) bond motifs is 1. The Balaban J connectivity index is 1.86. The van der Waals surface area contributed by atoms with Gasteiger partial charge in [-0.25, -0.2) is 4.98 Å². The van der Waals surface area contributed by atoms with Crippen LogP contribution in [0.25, 0.3) is 11.0 Å². The van der Waals surface area contributed by atoms with Crippen LogP contribution < -0.4 is 0 Å². The summed E-state index contributed by atoms with van der Waals surface area (Å²) in [5.41, 5.74) is 3.42. The number of carbonyl (C=O) groups is 1. The molecule has 26 heavy (non-hydrogen) atoms. The van der Waals surface area contributed by atoms with E-state index in [4.69, 9.17) is 11.6 Å². The quantitative estimate of drug-likeness (QED) is 0.637. The van der Waals surface area contributed by atoms with Gasteiger partial charge in [0, 0.05) is 36.6 Å². The van der Waals surface area contributed by atoms with Gasteiger partial charge in [0.2, 0.25) is 5.28 Å². The molecular formula is C20H25ClN4O. The van der Waals surface area contributed by atoms with Gasteiger partial charge in [0.15, 0.2) is 0 Å². The smallest absolute Gasteiger partial charge is 0.254 e. The lowest BCUT2D eigenvalue weighted by molar-refractivity contribution is 0.0781. The van der Waals surface area contributed by atoms with Gasteiger partial charge in [0.05, 0.1) is 17.6 Å². The van der Waals surface area contributed by atoms with Crippen molar-refractivity contribution < 1.29 is 4.79 Å². The lowest BCUT2D eigenvalue weighted by Gasteiger charge is -2.20. The van der Waals surface area contributed by atoms with Crippen LogP contribution in [0.3, 0.4) is 0 Å². The lowest BCUT2D eigenvalue weighted by atomic mass is 10.1. The minimum Gasteiger partial charge on any atom is -0.347 e. The Kier molecular flexibility index (Phi) is 5.10. The van der Waals surface area contributed by atoms with E-state index in [2.05, 4.69) is 43.3 Å². The van der Waals surface area contributed by atoms with Crippen LogP contribution in [0.1, 0.15) is 55.8 Å². The van der Waals surface area contributed by atoms with Crippen LogP contribution in [0.5, 0.6) is 0 Å². The highest BCUT2D eigenvalue weighted by Crippen LogP contribution is 2.25. The van der Waals surface area contributed by atoms with Gasteiger partial charge >= 0.3 is 0 Å². The zero-order valence-electron chi connectivity index (χ0n) is 15.9. The molecule has 0 bridgehead atoms. The van der Waals surface area contributed by atoms with E-state index in [9.17, 15) is 4.79 Å². The molecule has 0 aliphatic rings. The van der Waals surface area contributed by atoms with Gasteiger partial charge in [0.25, 0.3) is 5.91 Å². The molecule has 0 saturated carbocycles. The average Bonchev–Trinajstić information content (AvgIpc) is 3.16. The van der Waals surface area contributed by atoms with E-state index in [1.165, 1.54) is 0 Å². The molecule has 2 heterocycles. The predicted octanol–water partition coefficient (Wildman–Crippen LogP) is 4.93. The highest BCUT2D eigenvalue weighted by Gasteiger charge is 2.17. The number of carbonyl (C=O) groups excluding carboxylic acids is 1. The molecule has 1 aromatic carbocycles. The Hall–Kier alpha value is -2.27. The maximum Gasteiger partial charge on any atom is 0.254 e. The molecule has 0 atom stereocenters. The summed E-state index contributed by atoms with van der Waals surface area (Å²) in [7, 11) is 1.82. The number of benzene rings is 1. The Morgan fingerprint density at radius 3 is 2.58 bits per heavy atom. The average molecular weight is 373 g/mol. The van der Waals surface area contributed by atoms with Crippen LogP contribution in [-0.4, -0.2) is 32.0 Å². The van der Waals surface area contributed by atoms with E-state index in [1.807, 2.05) is 42.1 Å². The fraction of sp³-hybridized carbons (Fsp3) is 0.400. The van der Waals surface area contributed by atoms with Crippen LogP contribution in [0, 0.1) is 0 Å². The second-order valence-corrected chi connectivity index (χ2v) is 7.55. The van der Waals surface area contributed by atoms with Gasteiger partial charge in [-0.2, -0.15) is 0 Å². The molecule has 138 valence electrons. The number of aromatic nitrogens is 3. The number of amides is 1. The van der Waals surface area contributed by atoms with Gasteiger partial charge in [-0.1, -0.05) is 0 Å². The zero-order chi connectivity index (χ0) is 19.0. The summed E-state index contributed by atoms with van der Waals surface area (Å²) >= 11 is 6.25. The van der Waals surface area contributed by atoms with E-state index in [0.717, 1.165) is 16.7 Å². The predicted molar refractivity (Wildman–Crippen MR) is 106 cm³/mol. The van der Waals surface area contributed by atoms with Crippen LogP contribution in [0.2, 0.25) is 5.28 Å². The van der Waals surface area contributed by atoms with Gasteiger partial charge in [0.1, 0.15) is 0 Å². The molecule has 3 aromatic rings. The van der Waals surface area contributed by atoms with Crippen LogP contribution in [-0.2, 0) is 6.54 Å². The van der Waals surface area contributed by atoms with Crippen molar-refractivity contribution in [3.05, 3.63) is 53.1 Å². The third-order valence-corrected chi connectivity index (χ3v) is 4.85. The van der Waals surface area contributed by atoms with Crippen molar-refractivity contribution in [2.75, 3.05) is 7.05 Å². The van der Waals surface area contributed by atoms with E-state index >= 15 is 0 Å². The molecule has 2 aromatic heterocycles. The summed E-state index contributed by atoms with van der Waals surface area (Å²) in [5.74, 6) is -0.0291. The summed E-state index contributed by atoms with van der Waals surface area (Å²) in [6, 6.07) is 10.2. The molecule has 0 aliphatic carbocycles. The van der Waals surface area contributed by atoms with Crippen molar-refractivity contribution in [3.63, 3.8) is 0 Å². The molecule has 3 rings (SSSR count). The maximum atomic E-state index is 12.9. The minimum atomic E-state index is -0.0291. The van der Waals surface area contributed by atoms with Gasteiger partial charge in [-0.15, -0.1) is 0 Å². The SMILES string of the molecule is CC(C)n1cccc1CN(C)C(=O)c1ccc2c(c1)nc(Cl)n2C(C)C. The molecule has 5 nitrogen and oxygen atoms in total. The summed E-state index contributed by atoms with van der Waals surface area (Å²) in [6.45, 7) is 8.94. The number of nitrogens with zero attached hydrogens (tertiary/aromatic N) is 4. The molecular weight excluding hydrogens is 348 g/mol. The molecule has 0 spiro atoms. The summed E-state index contributed by atoms with van der Waals surface area (Å²) in [5, 5.41) is 0.447. The number of rotatable bonds is 5. The number of hydrogen-bond donors (Lipinski definition) is 0. The molecule has 0 radical (unpaired) electrons. The topological polar surface area (TPSA) is 43.1 Å². The summed E-state index contributed by atoms with van der Waals surface area (Å²) in [4.78, 5) is 19.0. The van der Waals surface area contributed by atoms with E-state index in [0.29, 0.717) is 23.4 Å². The van der Waals surface area contributed by atoms with E-state index < -0.39 is 0 Å². The molecule has 0 fully saturated rings. The van der Waals surface area contributed by atoms with Crippen LogP contribution >= 0.6 is 11.6 Å². The van der Waals surface area contributed by atoms with Crippen LogP contribution in [0.15, 0.2) is 36.5 Å². The summed E-state index contributed by atoms with van der Waals surface area (Å²) < 4.78 is 4.14. The first kappa shape index (κ1) is 18.5. The van der Waals surface area contributed by atoms with Crippen molar-refractivity contribution >= 4 is 28.5 Å². The number of hydrogen-bond acceptors (Lipinski definition) is 2.